The van der Waals surface area contributed by atoms with Gasteiger partial charge >= 0.3 is 202 Å². The zero-order valence-electron chi connectivity index (χ0n) is 19.6. The van der Waals surface area contributed by atoms with E-state index in [0.29, 0.717) is 19.4 Å². The van der Waals surface area contributed by atoms with Crippen LogP contribution in [-0.4, -0.2) is 51.0 Å². The van der Waals surface area contributed by atoms with E-state index in [1.54, 1.807) is 27.7 Å². The number of aryl methyl sites for hydroxylation is 1. The van der Waals surface area contributed by atoms with E-state index >= 15 is 0 Å². The van der Waals surface area contributed by atoms with Crippen molar-refractivity contribution in [3.8, 4) is 0 Å². The number of hydrogen-bond acceptors (Lipinski definition) is 5. The summed E-state index contributed by atoms with van der Waals surface area (Å²) in [6, 6.07) is 5.52. The number of rotatable bonds is 4. The molecule has 1 aromatic carbocycles. The molecular formula is C23H32F2IN3O4. The molecule has 2 saturated heterocycles. The first kappa shape index (κ1) is 25.6. The minimum atomic E-state index is -4.23. The second kappa shape index (κ2) is 9.71. The van der Waals surface area contributed by atoms with E-state index in [2.05, 4.69) is 10.6 Å². The number of benzene rings is 1. The van der Waals surface area contributed by atoms with Crippen molar-refractivity contribution in [1.82, 2.24) is 10.2 Å². The van der Waals surface area contributed by atoms with Crippen LogP contribution in [-0.2, 0) is 14.3 Å². The monoisotopic (exact) mass is 579 g/mol. The van der Waals surface area contributed by atoms with Crippen molar-refractivity contribution in [2.75, 3.05) is 18.4 Å². The van der Waals surface area contributed by atoms with Gasteiger partial charge in [0.2, 0.25) is 0 Å². The van der Waals surface area contributed by atoms with E-state index < -0.39 is 42.1 Å². The van der Waals surface area contributed by atoms with Gasteiger partial charge in [0.15, 0.2) is 0 Å². The molecule has 2 N–H and O–H groups in total. The van der Waals surface area contributed by atoms with Crippen LogP contribution in [0, 0.1) is 6.92 Å². The second-order valence-electron chi connectivity index (χ2n) is 9.97. The number of anilines is 1. The number of carbonyl (C=O) groups is 3. The Morgan fingerprint density at radius 2 is 2.00 bits per heavy atom. The number of imide groups is 1. The Hall–Kier alpha value is -1.98. The third-order valence-electron chi connectivity index (χ3n) is 6.10. The van der Waals surface area contributed by atoms with Gasteiger partial charge in [-0.3, -0.25) is 0 Å². The summed E-state index contributed by atoms with van der Waals surface area (Å²) >= 11 is -4.23. The van der Waals surface area contributed by atoms with Crippen LogP contribution in [0.25, 0.3) is 0 Å². The fourth-order valence-corrected chi connectivity index (χ4v) is 6.42. The molecule has 0 saturated carbocycles. The molecule has 2 heterocycles. The molecule has 33 heavy (non-hydrogen) atoms. The summed E-state index contributed by atoms with van der Waals surface area (Å²) in [6.07, 6.45) is 0.531. The first-order chi connectivity index (χ1) is 15.3. The Bertz CT molecular complexity index is 937. The fourth-order valence-electron chi connectivity index (χ4n) is 4.22. The molecule has 2 fully saturated rings. The SMILES string of the molecule is Cc1cc(C2CCN(C(=O)OC(C)(C)C)C[C@H]2I(F)F)ccc1N[C@]1(C)CCC(=O)NC1=O. The molecule has 3 rings (SSSR count). The Labute approximate surface area is 201 Å². The maximum atomic E-state index is 14.1. The average Bonchev–Trinajstić information content (AvgIpc) is 2.71. The molecule has 2 aliphatic rings. The molecule has 0 spiro atoms. The van der Waals surface area contributed by atoms with Crippen LogP contribution < -0.4 is 10.6 Å². The molecule has 1 aromatic rings. The number of likely N-dealkylation sites (tertiary alicyclic amines) is 1. The van der Waals surface area contributed by atoms with Crippen LogP contribution in [0.3, 0.4) is 0 Å². The van der Waals surface area contributed by atoms with Crippen molar-refractivity contribution >= 4 is 44.6 Å². The minimum absolute atomic E-state index is 0.00273. The molecule has 1 unspecified atom stereocenters. The van der Waals surface area contributed by atoms with Crippen LogP contribution in [0.5, 0.6) is 0 Å². The van der Waals surface area contributed by atoms with Crippen LogP contribution in [0.1, 0.15) is 64.0 Å². The third-order valence-corrected chi connectivity index (χ3v) is 8.57. The number of amides is 3. The number of hydrogen-bond donors (Lipinski definition) is 2. The van der Waals surface area contributed by atoms with Gasteiger partial charge in [0.1, 0.15) is 0 Å². The number of nitrogens with one attached hydrogen (secondary N) is 2. The maximum absolute atomic E-state index is 14.1. The topological polar surface area (TPSA) is 87.7 Å². The first-order valence-corrected chi connectivity index (χ1v) is 13.9. The van der Waals surface area contributed by atoms with Gasteiger partial charge < -0.3 is 0 Å². The molecule has 0 aliphatic carbocycles. The van der Waals surface area contributed by atoms with E-state index in [9.17, 15) is 20.1 Å². The van der Waals surface area contributed by atoms with E-state index in [-0.39, 0.29) is 30.7 Å². The summed E-state index contributed by atoms with van der Waals surface area (Å²) in [5.74, 6) is -0.990. The van der Waals surface area contributed by atoms with Crippen molar-refractivity contribution < 1.29 is 24.8 Å². The molecule has 0 bridgehead atoms. The quantitative estimate of drug-likeness (QED) is 0.299. The van der Waals surface area contributed by atoms with Gasteiger partial charge in [0.25, 0.3) is 0 Å². The predicted octanol–water partition coefficient (Wildman–Crippen LogP) is 4.97. The average molecular weight is 579 g/mol. The zero-order valence-corrected chi connectivity index (χ0v) is 21.8. The molecule has 2 aliphatic heterocycles. The standard InChI is InChI=1S/C23H32F2IN3O4/c1-14-12-15(6-7-18(14)28-23(5)10-8-19(30)27-20(23)31)16-9-11-29(13-17(16)26(24)25)21(32)33-22(2,3)4/h6-7,12,16-17,28H,8-11,13H2,1-5H3,(H,27,30,31)/t16?,17-,23-/m1/s1. The van der Waals surface area contributed by atoms with Gasteiger partial charge in [-0.25, -0.2) is 0 Å². The normalized spacial score (nSPS) is 26.5. The van der Waals surface area contributed by atoms with Gasteiger partial charge in [-0.15, -0.1) is 0 Å². The Balaban J connectivity index is 1.75. The van der Waals surface area contributed by atoms with Gasteiger partial charge in [0, 0.05) is 0 Å². The van der Waals surface area contributed by atoms with Crippen LogP contribution in [0.15, 0.2) is 18.2 Å². The number of nitrogens with zero attached hydrogens (tertiary/aromatic N) is 1. The van der Waals surface area contributed by atoms with E-state index in [1.807, 2.05) is 25.1 Å². The summed E-state index contributed by atoms with van der Waals surface area (Å²) in [5, 5.41) is 5.59. The summed E-state index contributed by atoms with van der Waals surface area (Å²) in [5.41, 5.74) is 0.789. The van der Waals surface area contributed by atoms with E-state index in [0.717, 1.165) is 16.8 Å². The van der Waals surface area contributed by atoms with E-state index in [4.69, 9.17) is 4.74 Å². The molecule has 10 heteroatoms. The number of ether oxygens (including phenoxy) is 1. The summed E-state index contributed by atoms with van der Waals surface area (Å²) < 4.78 is 32.8. The van der Waals surface area contributed by atoms with E-state index in [1.165, 1.54) is 4.90 Å². The Kier molecular flexibility index (Phi) is 7.55. The number of carbonyl (C=O) groups excluding carboxylic acids is 3. The van der Waals surface area contributed by atoms with Gasteiger partial charge in [-0.1, -0.05) is 0 Å². The van der Waals surface area contributed by atoms with Crippen molar-refractivity contribution in [3.05, 3.63) is 29.3 Å². The van der Waals surface area contributed by atoms with Crippen LogP contribution in [0.2, 0.25) is 0 Å². The number of alkyl halides is 1. The third kappa shape index (κ3) is 6.13. The Morgan fingerprint density at radius 1 is 1.30 bits per heavy atom. The van der Waals surface area contributed by atoms with Crippen molar-refractivity contribution in [1.29, 1.82) is 0 Å². The van der Waals surface area contributed by atoms with Gasteiger partial charge in [-0.2, -0.15) is 0 Å². The first-order valence-electron chi connectivity index (χ1n) is 11.0. The Morgan fingerprint density at radius 3 is 2.58 bits per heavy atom. The summed E-state index contributed by atoms with van der Waals surface area (Å²) in [4.78, 5) is 37.6. The molecule has 3 amide bonds. The van der Waals surface area contributed by atoms with Crippen molar-refractivity contribution in [2.24, 2.45) is 0 Å². The fraction of sp³-hybridized carbons (Fsp3) is 0.609. The number of halogens is 3. The van der Waals surface area contributed by atoms with Crippen molar-refractivity contribution in [2.45, 2.75) is 74.9 Å². The second-order valence-corrected chi connectivity index (χ2v) is 12.8. The summed E-state index contributed by atoms with van der Waals surface area (Å²) in [6.45, 7) is 9.25. The van der Waals surface area contributed by atoms with Gasteiger partial charge in [-0.05, 0) is 0 Å². The summed E-state index contributed by atoms with van der Waals surface area (Å²) in [7, 11) is 0. The van der Waals surface area contributed by atoms with Crippen LogP contribution >= 0.6 is 21.0 Å². The molecule has 3 atom stereocenters. The molecule has 184 valence electrons. The van der Waals surface area contributed by atoms with Gasteiger partial charge in [0.05, 0.1) is 0 Å². The molecule has 0 radical (unpaired) electrons. The van der Waals surface area contributed by atoms with Crippen molar-refractivity contribution in [3.63, 3.8) is 0 Å². The number of piperidine rings is 2. The molecular weight excluding hydrogens is 547 g/mol. The molecule has 0 aromatic heterocycles. The molecule has 7 nitrogen and oxygen atoms in total. The van der Waals surface area contributed by atoms with Crippen LogP contribution in [0.4, 0.5) is 16.2 Å². The zero-order chi connectivity index (χ0) is 24.6. The predicted molar refractivity (Wildman–Crippen MR) is 131 cm³/mol.